The van der Waals surface area contributed by atoms with E-state index in [1.54, 1.807) is 0 Å². The molecule has 25 heavy (non-hydrogen) atoms. The highest BCUT2D eigenvalue weighted by Gasteiger charge is 2.18. The minimum atomic E-state index is 0.323. The number of piperidine rings is 1. The fourth-order valence-electron chi connectivity index (χ4n) is 3.76. The standard InChI is InChI=1S/C20H32N4O/c21-20(24-11-3-1-2-4-12-24)22-15-17-5-7-19(8-6-17)23-13-9-18(16-25)10-14-23/h5-8,18,25H,1-4,9-16H2,(H2,21,22). The van der Waals surface area contributed by atoms with Crippen LogP contribution in [0.1, 0.15) is 44.1 Å². The van der Waals surface area contributed by atoms with Crippen molar-refractivity contribution in [2.24, 2.45) is 16.6 Å². The number of hydrogen-bond acceptors (Lipinski definition) is 3. The van der Waals surface area contributed by atoms with Gasteiger partial charge in [-0.1, -0.05) is 25.0 Å². The maximum atomic E-state index is 9.25. The summed E-state index contributed by atoms with van der Waals surface area (Å²) in [6.45, 7) is 5.11. The Labute approximate surface area is 151 Å². The van der Waals surface area contributed by atoms with Crippen LogP contribution in [0.4, 0.5) is 5.69 Å². The van der Waals surface area contributed by atoms with Crippen LogP contribution < -0.4 is 10.6 Å². The Hall–Kier alpha value is -1.75. The first-order valence-electron chi connectivity index (χ1n) is 9.76. The van der Waals surface area contributed by atoms with Crippen molar-refractivity contribution in [3.05, 3.63) is 29.8 Å². The van der Waals surface area contributed by atoms with Crippen molar-refractivity contribution < 1.29 is 5.11 Å². The van der Waals surface area contributed by atoms with Crippen molar-refractivity contribution in [2.45, 2.75) is 45.1 Å². The summed E-state index contributed by atoms with van der Waals surface area (Å²) in [6.07, 6.45) is 7.21. The first kappa shape index (κ1) is 18.1. The molecule has 2 saturated heterocycles. The van der Waals surface area contributed by atoms with E-state index in [1.165, 1.54) is 36.9 Å². The lowest BCUT2D eigenvalue weighted by molar-refractivity contribution is 0.203. The Bertz CT molecular complexity index is 541. The van der Waals surface area contributed by atoms with Crippen LogP contribution in [0.2, 0.25) is 0 Å². The fraction of sp³-hybridized carbons (Fsp3) is 0.650. The van der Waals surface area contributed by atoms with Crippen LogP contribution in [-0.4, -0.2) is 48.8 Å². The second-order valence-corrected chi connectivity index (χ2v) is 7.36. The van der Waals surface area contributed by atoms with Crippen molar-refractivity contribution in [3.8, 4) is 0 Å². The number of likely N-dealkylation sites (tertiary alicyclic amines) is 1. The van der Waals surface area contributed by atoms with Crippen LogP contribution in [0.3, 0.4) is 0 Å². The van der Waals surface area contributed by atoms with Crippen molar-refractivity contribution in [1.29, 1.82) is 0 Å². The van der Waals surface area contributed by atoms with Crippen LogP contribution in [0, 0.1) is 5.92 Å². The molecule has 138 valence electrons. The largest absolute Gasteiger partial charge is 0.396 e. The topological polar surface area (TPSA) is 65.1 Å². The zero-order valence-electron chi connectivity index (χ0n) is 15.2. The molecule has 5 nitrogen and oxygen atoms in total. The molecule has 0 aromatic heterocycles. The van der Waals surface area contributed by atoms with Crippen molar-refractivity contribution in [3.63, 3.8) is 0 Å². The zero-order valence-corrected chi connectivity index (χ0v) is 15.2. The molecule has 0 radical (unpaired) electrons. The van der Waals surface area contributed by atoms with Crippen molar-refractivity contribution in [1.82, 2.24) is 4.90 Å². The molecule has 0 unspecified atom stereocenters. The van der Waals surface area contributed by atoms with Gasteiger partial charge in [0.15, 0.2) is 5.96 Å². The van der Waals surface area contributed by atoms with Gasteiger partial charge in [-0.15, -0.1) is 0 Å². The highest BCUT2D eigenvalue weighted by atomic mass is 16.3. The van der Waals surface area contributed by atoms with E-state index in [0.29, 0.717) is 25.0 Å². The predicted molar refractivity (Wildman–Crippen MR) is 104 cm³/mol. The first-order chi connectivity index (χ1) is 12.3. The number of anilines is 1. The molecule has 1 aromatic rings. The van der Waals surface area contributed by atoms with Gasteiger partial charge in [0, 0.05) is 38.5 Å². The molecule has 2 fully saturated rings. The van der Waals surface area contributed by atoms with Crippen molar-refractivity contribution in [2.75, 3.05) is 37.7 Å². The van der Waals surface area contributed by atoms with E-state index < -0.39 is 0 Å². The fourth-order valence-corrected chi connectivity index (χ4v) is 3.76. The molecular weight excluding hydrogens is 312 g/mol. The summed E-state index contributed by atoms with van der Waals surface area (Å²) in [4.78, 5) is 9.24. The quantitative estimate of drug-likeness (QED) is 0.651. The SMILES string of the molecule is NC(=NCc1ccc(N2CCC(CO)CC2)cc1)N1CCCCCC1. The molecule has 3 rings (SSSR count). The maximum absolute atomic E-state index is 9.25. The van der Waals surface area contributed by atoms with E-state index in [-0.39, 0.29) is 0 Å². The summed E-state index contributed by atoms with van der Waals surface area (Å²) in [7, 11) is 0. The number of nitrogens with two attached hydrogens (primary N) is 1. The highest BCUT2D eigenvalue weighted by Crippen LogP contribution is 2.23. The van der Waals surface area contributed by atoms with Gasteiger partial charge in [-0.25, -0.2) is 4.99 Å². The Morgan fingerprint density at radius 3 is 2.24 bits per heavy atom. The molecule has 2 aliphatic rings. The molecular formula is C20H32N4O. The van der Waals surface area contributed by atoms with Gasteiger partial charge in [0.25, 0.3) is 0 Å². The Morgan fingerprint density at radius 1 is 1.00 bits per heavy atom. The summed E-state index contributed by atoms with van der Waals surface area (Å²) in [6, 6.07) is 8.69. The van der Waals surface area contributed by atoms with Crippen LogP contribution >= 0.6 is 0 Å². The van der Waals surface area contributed by atoms with E-state index in [0.717, 1.165) is 39.0 Å². The van der Waals surface area contributed by atoms with Gasteiger partial charge >= 0.3 is 0 Å². The van der Waals surface area contributed by atoms with Crippen molar-refractivity contribution >= 4 is 11.6 Å². The molecule has 2 aliphatic heterocycles. The zero-order chi connectivity index (χ0) is 17.5. The Morgan fingerprint density at radius 2 is 1.64 bits per heavy atom. The average Bonchev–Trinajstić information content (AvgIpc) is 2.96. The Kier molecular flexibility index (Phi) is 6.56. The second-order valence-electron chi connectivity index (χ2n) is 7.36. The van der Waals surface area contributed by atoms with E-state index in [9.17, 15) is 5.11 Å². The molecule has 0 bridgehead atoms. The minimum absolute atomic E-state index is 0.323. The Balaban J connectivity index is 1.53. The predicted octanol–water partition coefficient (Wildman–Crippen LogP) is 2.59. The molecule has 3 N–H and O–H groups in total. The smallest absolute Gasteiger partial charge is 0.191 e. The van der Waals surface area contributed by atoms with E-state index in [4.69, 9.17) is 5.73 Å². The third kappa shape index (κ3) is 5.11. The molecule has 0 spiro atoms. The lowest BCUT2D eigenvalue weighted by Gasteiger charge is -2.32. The van der Waals surface area contributed by atoms with Gasteiger partial charge in [-0.2, -0.15) is 0 Å². The van der Waals surface area contributed by atoms with Gasteiger partial charge in [0.1, 0.15) is 0 Å². The van der Waals surface area contributed by atoms with Gasteiger partial charge in [0.2, 0.25) is 0 Å². The second kappa shape index (κ2) is 9.09. The first-order valence-corrected chi connectivity index (χ1v) is 9.76. The highest BCUT2D eigenvalue weighted by molar-refractivity contribution is 5.78. The lowest BCUT2D eigenvalue weighted by Crippen LogP contribution is -2.38. The third-order valence-corrected chi connectivity index (χ3v) is 5.53. The van der Waals surface area contributed by atoms with Gasteiger partial charge in [-0.05, 0) is 49.3 Å². The van der Waals surface area contributed by atoms with Gasteiger partial charge in [0.05, 0.1) is 6.54 Å². The van der Waals surface area contributed by atoms with Crippen LogP contribution in [-0.2, 0) is 6.54 Å². The number of aliphatic hydroxyl groups excluding tert-OH is 1. The van der Waals surface area contributed by atoms with E-state index in [2.05, 4.69) is 39.1 Å². The van der Waals surface area contributed by atoms with Gasteiger partial charge < -0.3 is 20.6 Å². The van der Waals surface area contributed by atoms with E-state index in [1.807, 2.05) is 0 Å². The average molecular weight is 345 g/mol. The molecule has 1 aromatic carbocycles. The summed E-state index contributed by atoms with van der Waals surface area (Å²) in [5, 5.41) is 9.25. The number of aliphatic hydroxyl groups is 1. The molecule has 2 heterocycles. The molecule has 0 atom stereocenters. The summed E-state index contributed by atoms with van der Waals surface area (Å²) in [5.41, 5.74) is 8.65. The number of rotatable bonds is 4. The van der Waals surface area contributed by atoms with Crippen LogP contribution in [0.15, 0.2) is 29.3 Å². The van der Waals surface area contributed by atoms with Crippen LogP contribution in [0.25, 0.3) is 0 Å². The summed E-state index contributed by atoms with van der Waals surface area (Å²) in [5.74, 6) is 1.17. The van der Waals surface area contributed by atoms with Gasteiger partial charge in [-0.3, -0.25) is 0 Å². The molecule has 0 saturated carbocycles. The molecule has 0 aliphatic carbocycles. The molecule has 0 amide bonds. The number of aliphatic imine (C=N–C) groups is 1. The lowest BCUT2D eigenvalue weighted by atomic mass is 9.97. The number of nitrogens with zero attached hydrogens (tertiary/aromatic N) is 3. The number of hydrogen-bond donors (Lipinski definition) is 2. The van der Waals surface area contributed by atoms with Crippen LogP contribution in [0.5, 0.6) is 0 Å². The monoisotopic (exact) mass is 344 g/mol. The number of guanidine groups is 1. The third-order valence-electron chi connectivity index (χ3n) is 5.53. The van der Waals surface area contributed by atoms with E-state index >= 15 is 0 Å². The minimum Gasteiger partial charge on any atom is -0.396 e. The normalized spacial score (nSPS) is 20.6. The number of benzene rings is 1. The molecule has 5 heteroatoms. The summed E-state index contributed by atoms with van der Waals surface area (Å²) < 4.78 is 0. The summed E-state index contributed by atoms with van der Waals surface area (Å²) >= 11 is 0. The maximum Gasteiger partial charge on any atom is 0.191 e.